The van der Waals surface area contributed by atoms with E-state index in [1.807, 2.05) is 169 Å². The van der Waals surface area contributed by atoms with Gasteiger partial charge < -0.3 is 13.3 Å². The van der Waals surface area contributed by atoms with Crippen LogP contribution < -0.4 is 0 Å². The summed E-state index contributed by atoms with van der Waals surface area (Å²) in [6.45, 7) is 0. The van der Waals surface area contributed by atoms with Crippen molar-refractivity contribution in [3.8, 4) is 147 Å². The molecule has 0 saturated heterocycles. The first-order chi connectivity index (χ1) is 73.4. The summed E-state index contributed by atoms with van der Waals surface area (Å²) in [4.78, 5) is 45.7. The number of fused-ring (bicyclic) bond motifs is 21. The van der Waals surface area contributed by atoms with Crippen LogP contribution in [-0.2, 0) is 0 Å². The van der Waals surface area contributed by atoms with E-state index in [0.29, 0.717) is 52.4 Å². The summed E-state index contributed by atoms with van der Waals surface area (Å²) in [6, 6.07) is 170. The van der Waals surface area contributed by atoms with Crippen LogP contribution >= 0.6 is 11.3 Å². The van der Waals surface area contributed by atoms with E-state index in [4.69, 9.17) is 58.1 Å². The second-order valence-corrected chi connectivity index (χ2v) is 38.1. The lowest BCUT2D eigenvalue weighted by molar-refractivity contribution is 0.668. The molecule has 0 radical (unpaired) electrons. The molecule has 0 N–H and O–H groups in total. The highest BCUT2D eigenvalue weighted by molar-refractivity contribution is 7.26. The van der Waals surface area contributed by atoms with Crippen LogP contribution in [-0.4, -0.2) is 44.9 Å². The molecule has 0 fully saturated rings. The summed E-state index contributed by atoms with van der Waals surface area (Å²) in [6.07, 6.45) is 0. The van der Waals surface area contributed by atoms with Crippen molar-refractivity contribution >= 4 is 162 Å². The molecular weight excluding hydrogens is 1830 g/mol. The Morgan fingerprint density at radius 1 is 0.122 bits per heavy atom. The van der Waals surface area contributed by atoms with Gasteiger partial charge >= 0.3 is 0 Å². The van der Waals surface area contributed by atoms with Crippen molar-refractivity contribution < 1.29 is 13.3 Å². The smallest absolute Gasteiger partial charge is 0.164 e. The molecule has 12 nitrogen and oxygen atoms in total. The summed E-state index contributed by atoms with van der Waals surface area (Å²) < 4.78 is 21.8. The van der Waals surface area contributed by atoms with Crippen LogP contribution in [0.1, 0.15) is 0 Å². The SMILES string of the molecule is c1ccc(-c2ccc(-c3nc(-c4ccccc4)nc(-c4cccc5c(-c6cccc7oc8ccc9ccccc9c8c67)cccc45)n3)cc2)cc1.c1ccc(-c2nc(-c3cccc4c(-c5cccc6oc7ccc8ccccc8c7c56)cccc34)nc(-c3cccc4oc5ccccc5c34)n2)cc1.c1ccc(-c2nc(-c3ccccc3)nc(-c3cccc4c(-c5cccc6sc7ccc8ccccc8c7c56)cccc34)n2)cc1. The lowest BCUT2D eigenvalue weighted by Crippen LogP contribution is -2.01. The van der Waals surface area contributed by atoms with Crippen LogP contribution in [0.4, 0.5) is 0 Å². The number of benzene rings is 23. The van der Waals surface area contributed by atoms with Crippen molar-refractivity contribution in [2.24, 2.45) is 0 Å². The van der Waals surface area contributed by atoms with Crippen LogP contribution in [0.25, 0.3) is 298 Å². The van der Waals surface area contributed by atoms with E-state index in [9.17, 15) is 0 Å². The molecule has 7 aromatic heterocycles. The molecule has 0 aliphatic heterocycles. The maximum Gasteiger partial charge on any atom is 0.164 e. The van der Waals surface area contributed by atoms with Gasteiger partial charge in [0.15, 0.2) is 52.4 Å². The summed E-state index contributed by atoms with van der Waals surface area (Å²) in [5.74, 6) is 5.70. The number of rotatable bonds is 13. The first-order valence-corrected chi connectivity index (χ1v) is 50.3. The predicted octanol–water partition coefficient (Wildman–Crippen LogP) is 36.3. The van der Waals surface area contributed by atoms with Gasteiger partial charge in [0, 0.05) is 103 Å². The molecule has 0 spiro atoms. The molecule has 0 aliphatic carbocycles. The highest BCUT2D eigenvalue weighted by atomic mass is 32.1. The van der Waals surface area contributed by atoms with E-state index in [2.05, 4.69) is 334 Å². The number of para-hydroxylation sites is 1. The van der Waals surface area contributed by atoms with Crippen molar-refractivity contribution in [3.05, 3.63) is 491 Å². The third-order valence-electron chi connectivity index (χ3n) is 28.4. The molecule has 0 aliphatic rings. The molecule has 13 heteroatoms. The van der Waals surface area contributed by atoms with Crippen molar-refractivity contribution in [3.63, 3.8) is 0 Å². The minimum absolute atomic E-state index is 0.593. The second kappa shape index (κ2) is 36.4. The maximum absolute atomic E-state index is 6.46. The van der Waals surface area contributed by atoms with Gasteiger partial charge in [-0.15, -0.1) is 11.3 Å². The number of thiophene rings is 1. The van der Waals surface area contributed by atoms with Gasteiger partial charge in [0.05, 0.1) is 0 Å². The number of hydrogen-bond donors (Lipinski definition) is 0. The Morgan fingerprint density at radius 2 is 0.365 bits per heavy atom. The zero-order chi connectivity index (χ0) is 97.6. The van der Waals surface area contributed by atoms with Crippen LogP contribution in [0, 0.1) is 0 Å². The molecule has 23 aromatic carbocycles. The molecule has 0 bridgehead atoms. The molecule has 0 amide bonds. The first kappa shape index (κ1) is 86.2. The van der Waals surface area contributed by atoms with E-state index < -0.39 is 0 Å². The van der Waals surface area contributed by atoms with Gasteiger partial charge in [-0.05, 0) is 158 Å². The van der Waals surface area contributed by atoms with Gasteiger partial charge in [-0.2, -0.15) is 0 Å². The topological polar surface area (TPSA) is 155 Å². The standard InChI is InChI=1S/C47H27N3O2.C47H29N3O.C41H25N3S/c1-2-13-29(14-3-1)45-48-46(50-47(49-45)37-22-11-24-39-42(37)36-16-6-7-23-38(36)51-39)35-21-9-17-31-32(18-8-19-33(31)35)34-20-10-25-40-44(34)43-30-15-5-4-12-28(30)26-27-41(43)52-40;1-3-12-30(13-4-1)31-24-26-34(27-25-31)46-48-45(33-15-5-2-6-16-33)49-47(50-46)40-22-10-18-36-37(19-9-20-38(36)40)39-21-11-23-41-44(39)43-35-17-8-7-14-32(35)28-29-42(43)51-41;1-3-13-27(14-4-1)39-42-40(28-15-5-2-6-16-28)44-41(43-39)34-22-10-18-30-31(19-9-20-32(30)34)33-21-11-23-35-38(33)37-29-17-8-7-12-26(29)24-25-36(37)45-35/h1-27H;1-29H;1-25H. The summed E-state index contributed by atoms with van der Waals surface area (Å²) in [5, 5.41) is 23.1. The van der Waals surface area contributed by atoms with Gasteiger partial charge in [0.1, 0.15) is 33.5 Å². The Kier molecular flexibility index (Phi) is 21.2. The average molecular weight is 1910 g/mol. The molecule has 0 unspecified atom stereocenters. The number of hydrogen-bond acceptors (Lipinski definition) is 13. The van der Waals surface area contributed by atoms with Gasteiger partial charge in [0.25, 0.3) is 0 Å². The average Bonchev–Trinajstić information content (AvgIpc) is 1.56. The number of aromatic nitrogens is 9. The highest BCUT2D eigenvalue weighted by Gasteiger charge is 2.27. The summed E-state index contributed by atoms with van der Waals surface area (Å²) >= 11 is 1.86. The Balaban J connectivity index is 0.000000107. The fourth-order valence-corrected chi connectivity index (χ4v) is 22.8. The molecule has 690 valence electrons. The van der Waals surface area contributed by atoms with E-state index in [0.717, 1.165) is 171 Å². The monoisotopic (exact) mass is 1910 g/mol. The number of nitrogens with zero attached hydrogens (tertiary/aromatic N) is 9. The quantitative estimate of drug-likeness (QED) is 0.108. The van der Waals surface area contributed by atoms with Crippen molar-refractivity contribution in [1.82, 2.24) is 44.9 Å². The van der Waals surface area contributed by atoms with Crippen molar-refractivity contribution in [2.45, 2.75) is 0 Å². The molecule has 30 aromatic rings. The molecular formula is C135H81N9O3S. The van der Waals surface area contributed by atoms with Crippen LogP contribution in [0.3, 0.4) is 0 Å². The van der Waals surface area contributed by atoms with Crippen LogP contribution in [0.15, 0.2) is 505 Å². The highest BCUT2D eigenvalue weighted by Crippen LogP contribution is 2.50. The lowest BCUT2D eigenvalue weighted by atomic mass is 9.92. The van der Waals surface area contributed by atoms with E-state index in [1.165, 1.54) is 74.6 Å². The lowest BCUT2D eigenvalue weighted by Gasteiger charge is -2.13. The van der Waals surface area contributed by atoms with Gasteiger partial charge in [-0.3, -0.25) is 0 Å². The summed E-state index contributed by atoms with van der Waals surface area (Å²) in [5.41, 5.74) is 22.9. The Morgan fingerprint density at radius 3 is 0.784 bits per heavy atom. The minimum Gasteiger partial charge on any atom is -0.456 e. The van der Waals surface area contributed by atoms with Crippen molar-refractivity contribution in [2.75, 3.05) is 0 Å². The van der Waals surface area contributed by atoms with Gasteiger partial charge in [0.2, 0.25) is 0 Å². The molecule has 148 heavy (non-hydrogen) atoms. The Labute approximate surface area is 852 Å². The fraction of sp³-hybridized carbons (Fsp3) is 0. The zero-order valence-corrected chi connectivity index (χ0v) is 80.2. The first-order valence-electron chi connectivity index (χ1n) is 49.5. The van der Waals surface area contributed by atoms with Gasteiger partial charge in [-0.25, -0.2) is 44.9 Å². The third kappa shape index (κ3) is 15.2. The largest absolute Gasteiger partial charge is 0.456 e. The van der Waals surface area contributed by atoms with E-state index in [-0.39, 0.29) is 0 Å². The second-order valence-electron chi connectivity index (χ2n) is 37.0. The van der Waals surface area contributed by atoms with Gasteiger partial charge in [-0.1, -0.05) is 443 Å². The minimum atomic E-state index is 0.593. The molecule has 0 saturated carbocycles. The van der Waals surface area contributed by atoms with E-state index >= 15 is 0 Å². The van der Waals surface area contributed by atoms with E-state index in [1.54, 1.807) is 0 Å². The fourth-order valence-electron chi connectivity index (χ4n) is 21.7. The summed E-state index contributed by atoms with van der Waals surface area (Å²) in [7, 11) is 0. The Hall–Kier alpha value is -19.7. The number of furan rings is 3. The molecule has 30 rings (SSSR count). The molecule has 7 heterocycles. The van der Waals surface area contributed by atoms with Crippen LogP contribution in [0.5, 0.6) is 0 Å². The van der Waals surface area contributed by atoms with Crippen molar-refractivity contribution in [1.29, 1.82) is 0 Å². The third-order valence-corrected chi connectivity index (χ3v) is 29.6. The Bertz CT molecular complexity index is 10500. The maximum atomic E-state index is 6.46. The normalized spacial score (nSPS) is 11.6. The van der Waals surface area contributed by atoms with Crippen LogP contribution in [0.2, 0.25) is 0 Å². The molecule has 0 atom stereocenters. The zero-order valence-electron chi connectivity index (χ0n) is 79.4. The predicted molar refractivity (Wildman–Crippen MR) is 610 cm³/mol.